The average molecular weight is 346 g/mol. The summed E-state index contributed by atoms with van der Waals surface area (Å²) in [6.07, 6.45) is 0.593. The summed E-state index contributed by atoms with van der Waals surface area (Å²) in [5, 5.41) is 0. The summed E-state index contributed by atoms with van der Waals surface area (Å²) in [6.45, 7) is 3.61. The maximum absolute atomic E-state index is 12.1. The summed E-state index contributed by atoms with van der Waals surface area (Å²) in [5.74, 6) is -0.727. The Hall–Kier alpha value is -1.45. The molecule has 1 N–H and O–H groups in total. The molecule has 1 saturated heterocycles. The van der Waals surface area contributed by atoms with Crippen LogP contribution in [0.15, 0.2) is 29.2 Å². The molecule has 1 atom stereocenters. The number of anilines is 1. The Morgan fingerprint density at radius 2 is 1.86 bits per heavy atom. The van der Waals surface area contributed by atoms with Gasteiger partial charge in [-0.15, -0.1) is 0 Å². The number of carbonyl (C=O) groups excluding carboxylic acids is 1. The van der Waals surface area contributed by atoms with Crippen LogP contribution in [0.5, 0.6) is 0 Å². The maximum atomic E-state index is 12.1. The second-order valence-corrected chi connectivity index (χ2v) is 8.80. The number of hydrogen-bond acceptors (Lipinski definition) is 5. The minimum absolute atomic E-state index is 0.0283. The molecule has 1 aromatic rings. The maximum Gasteiger partial charge on any atom is 0.242 e. The Balaban J connectivity index is 2.30. The Bertz CT molecular complexity index is 769. The fourth-order valence-electron chi connectivity index (χ4n) is 2.05. The minimum Gasteiger partial charge on any atom is -0.273 e. The van der Waals surface area contributed by atoms with Gasteiger partial charge in [-0.05, 0) is 37.6 Å². The topological polar surface area (TPSA) is 101 Å². The van der Waals surface area contributed by atoms with E-state index in [1.807, 2.05) is 6.92 Å². The van der Waals surface area contributed by atoms with Crippen molar-refractivity contribution in [2.75, 3.05) is 10.1 Å². The van der Waals surface area contributed by atoms with Gasteiger partial charge in [0.2, 0.25) is 26.0 Å². The van der Waals surface area contributed by atoms with Crippen molar-refractivity contribution in [3.05, 3.63) is 24.3 Å². The molecule has 2 rings (SSSR count). The first-order valence-electron chi connectivity index (χ1n) is 6.85. The van der Waals surface area contributed by atoms with Gasteiger partial charge in [-0.2, -0.15) is 0 Å². The van der Waals surface area contributed by atoms with Crippen LogP contribution in [0, 0.1) is 0 Å². The minimum atomic E-state index is -3.66. The molecule has 0 radical (unpaired) electrons. The van der Waals surface area contributed by atoms with E-state index in [-0.39, 0.29) is 28.8 Å². The van der Waals surface area contributed by atoms with E-state index in [1.54, 1.807) is 6.92 Å². The van der Waals surface area contributed by atoms with Crippen molar-refractivity contribution in [2.45, 2.75) is 37.6 Å². The van der Waals surface area contributed by atoms with E-state index in [1.165, 1.54) is 24.3 Å². The monoisotopic (exact) mass is 346 g/mol. The fraction of sp³-hybridized carbons (Fsp3) is 0.462. The quantitative estimate of drug-likeness (QED) is 0.851. The largest absolute Gasteiger partial charge is 0.273 e. The Labute approximate surface area is 130 Å². The number of nitrogens with one attached hydrogen (secondary N) is 1. The van der Waals surface area contributed by atoms with Gasteiger partial charge in [0.05, 0.1) is 16.3 Å². The first-order chi connectivity index (χ1) is 10.2. The molecule has 1 aromatic carbocycles. The van der Waals surface area contributed by atoms with Gasteiger partial charge in [-0.1, -0.05) is 6.92 Å². The molecule has 122 valence electrons. The summed E-state index contributed by atoms with van der Waals surface area (Å²) >= 11 is 0. The zero-order chi connectivity index (χ0) is 16.5. The summed E-state index contributed by atoms with van der Waals surface area (Å²) in [7, 11) is -7.30. The lowest BCUT2D eigenvalue weighted by Crippen LogP contribution is -2.32. The van der Waals surface area contributed by atoms with E-state index in [0.717, 1.165) is 4.31 Å². The molecular formula is C13H18N2O5S2. The highest BCUT2D eigenvalue weighted by Gasteiger charge is 2.36. The zero-order valence-electron chi connectivity index (χ0n) is 12.3. The van der Waals surface area contributed by atoms with Gasteiger partial charge < -0.3 is 0 Å². The third kappa shape index (κ3) is 3.31. The number of sulfonamides is 2. The van der Waals surface area contributed by atoms with E-state index in [4.69, 9.17) is 0 Å². The number of hydrogen-bond donors (Lipinski definition) is 1. The first kappa shape index (κ1) is 16.9. The number of amides is 1. The molecule has 1 aliphatic heterocycles. The van der Waals surface area contributed by atoms with E-state index < -0.39 is 26.0 Å². The molecule has 1 heterocycles. The van der Waals surface area contributed by atoms with Gasteiger partial charge in [0.1, 0.15) is 0 Å². The Morgan fingerprint density at radius 1 is 1.27 bits per heavy atom. The molecule has 0 aromatic heterocycles. The normalized spacial score (nSPS) is 19.4. The molecule has 9 heteroatoms. The van der Waals surface area contributed by atoms with Crippen LogP contribution < -0.4 is 9.03 Å². The molecule has 0 saturated carbocycles. The summed E-state index contributed by atoms with van der Waals surface area (Å²) in [5.41, 5.74) is 0.157. The van der Waals surface area contributed by atoms with Crippen molar-refractivity contribution in [1.29, 1.82) is 0 Å². The van der Waals surface area contributed by atoms with Gasteiger partial charge in [-0.3, -0.25) is 4.79 Å². The van der Waals surface area contributed by atoms with E-state index >= 15 is 0 Å². The lowest BCUT2D eigenvalue weighted by molar-refractivity contribution is -0.116. The molecule has 0 spiro atoms. The predicted octanol–water partition coefficient (Wildman–Crippen LogP) is 0.830. The van der Waals surface area contributed by atoms with Gasteiger partial charge in [0.25, 0.3) is 0 Å². The van der Waals surface area contributed by atoms with Crippen molar-refractivity contribution >= 4 is 31.6 Å². The standard InChI is InChI=1S/C13H18N2O5S2/c1-3-10(2)14-22(19,20)12-6-4-11(5-7-12)15-13(16)8-9-21(15,17)18/h4-7,10,14H,3,8-9H2,1-2H3/t10-/m1/s1. The fourth-order valence-corrected chi connectivity index (χ4v) is 4.83. The highest BCUT2D eigenvalue weighted by atomic mass is 32.2. The highest BCUT2D eigenvalue weighted by molar-refractivity contribution is 7.94. The SMILES string of the molecule is CC[C@@H](C)NS(=O)(=O)c1ccc(N2C(=O)CCS2(=O)=O)cc1. The van der Waals surface area contributed by atoms with Crippen LogP contribution in [0.2, 0.25) is 0 Å². The van der Waals surface area contributed by atoms with E-state index in [2.05, 4.69) is 4.72 Å². The molecule has 7 nitrogen and oxygen atoms in total. The molecular weight excluding hydrogens is 328 g/mol. The van der Waals surface area contributed by atoms with Crippen molar-refractivity contribution in [2.24, 2.45) is 0 Å². The second kappa shape index (κ2) is 5.98. The van der Waals surface area contributed by atoms with Crippen LogP contribution in [0.3, 0.4) is 0 Å². The van der Waals surface area contributed by atoms with Crippen LogP contribution in [0.1, 0.15) is 26.7 Å². The first-order valence-corrected chi connectivity index (χ1v) is 9.95. The molecule has 0 unspecified atom stereocenters. The number of carbonyl (C=O) groups is 1. The van der Waals surface area contributed by atoms with Gasteiger partial charge in [0, 0.05) is 12.5 Å². The number of benzene rings is 1. The van der Waals surface area contributed by atoms with Crippen molar-refractivity contribution in [3.8, 4) is 0 Å². The van der Waals surface area contributed by atoms with Crippen LogP contribution >= 0.6 is 0 Å². The molecule has 0 aliphatic carbocycles. The van der Waals surface area contributed by atoms with Gasteiger partial charge >= 0.3 is 0 Å². The molecule has 1 aliphatic rings. The summed E-state index contributed by atoms with van der Waals surface area (Å²) in [6, 6.07) is 5.03. The van der Waals surface area contributed by atoms with Crippen LogP contribution in [-0.4, -0.2) is 34.5 Å². The smallest absolute Gasteiger partial charge is 0.242 e. The molecule has 0 bridgehead atoms. The van der Waals surface area contributed by atoms with Gasteiger partial charge in [-0.25, -0.2) is 25.9 Å². The number of nitrogens with zero attached hydrogens (tertiary/aromatic N) is 1. The number of rotatable bonds is 5. The Kier molecular flexibility index (Phi) is 4.59. The lowest BCUT2D eigenvalue weighted by Gasteiger charge is -2.16. The van der Waals surface area contributed by atoms with E-state index in [0.29, 0.717) is 6.42 Å². The van der Waals surface area contributed by atoms with Crippen LogP contribution in [-0.2, 0) is 24.8 Å². The van der Waals surface area contributed by atoms with Gasteiger partial charge in [0.15, 0.2) is 0 Å². The highest BCUT2D eigenvalue weighted by Crippen LogP contribution is 2.26. The lowest BCUT2D eigenvalue weighted by atomic mass is 10.3. The molecule has 22 heavy (non-hydrogen) atoms. The molecule has 1 fully saturated rings. The van der Waals surface area contributed by atoms with Crippen molar-refractivity contribution < 1.29 is 21.6 Å². The predicted molar refractivity (Wildman–Crippen MR) is 82.4 cm³/mol. The summed E-state index contributed by atoms with van der Waals surface area (Å²) < 4.78 is 51.1. The van der Waals surface area contributed by atoms with Crippen LogP contribution in [0.25, 0.3) is 0 Å². The zero-order valence-corrected chi connectivity index (χ0v) is 13.9. The van der Waals surface area contributed by atoms with Crippen molar-refractivity contribution in [3.63, 3.8) is 0 Å². The van der Waals surface area contributed by atoms with Crippen LogP contribution in [0.4, 0.5) is 5.69 Å². The van der Waals surface area contributed by atoms with E-state index in [9.17, 15) is 21.6 Å². The third-order valence-corrected chi connectivity index (χ3v) is 6.73. The van der Waals surface area contributed by atoms with Crippen molar-refractivity contribution in [1.82, 2.24) is 4.72 Å². The second-order valence-electron chi connectivity index (χ2n) is 5.15. The summed E-state index contributed by atoms with van der Waals surface area (Å²) in [4.78, 5) is 11.7. The molecule has 1 amide bonds. The Morgan fingerprint density at radius 3 is 2.32 bits per heavy atom. The average Bonchev–Trinajstić information content (AvgIpc) is 2.72. The third-order valence-electron chi connectivity index (χ3n) is 3.43.